The number of hydrogen-bond donors (Lipinski definition) is 3. The Bertz CT molecular complexity index is 814. The second-order valence-corrected chi connectivity index (χ2v) is 6.99. The van der Waals surface area contributed by atoms with Crippen molar-refractivity contribution in [2.24, 2.45) is 0 Å². The molecule has 0 spiro atoms. The van der Waals surface area contributed by atoms with Crippen LogP contribution in [0.2, 0.25) is 0 Å². The number of likely N-dealkylation sites (N-methyl/N-ethyl adjacent to an activating group) is 1. The Kier molecular flexibility index (Phi) is 8.51. The Morgan fingerprint density at radius 2 is 1.57 bits per heavy atom. The van der Waals surface area contributed by atoms with E-state index in [0.29, 0.717) is 6.54 Å². The van der Waals surface area contributed by atoms with Crippen LogP contribution < -0.4 is 16.0 Å². The lowest BCUT2D eigenvalue weighted by Gasteiger charge is -2.16. The largest absolute Gasteiger partial charge is 0.334 e. The minimum Gasteiger partial charge on any atom is -0.334 e. The Morgan fingerprint density at radius 3 is 2.29 bits per heavy atom. The Morgan fingerprint density at radius 1 is 0.929 bits per heavy atom. The van der Waals surface area contributed by atoms with Gasteiger partial charge in [0.15, 0.2) is 0 Å². The van der Waals surface area contributed by atoms with Crippen molar-refractivity contribution in [1.82, 2.24) is 15.5 Å². The van der Waals surface area contributed by atoms with Gasteiger partial charge in [0.1, 0.15) is 0 Å². The van der Waals surface area contributed by atoms with Crippen molar-refractivity contribution in [2.45, 2.75) is 11.4 Å². The van der Waals surface area contributed by atoms with Crippen molar-refractivity contribution in [3.05, 3.63) is 60.2 Å². The number of imide groups is 1. The molecule has 8 heteroatoms. The third-order valence-electron chi connectivity index (χ3n) is 3.76. The molecule has 3 N–H and O–H groups in total. The zero-order chi connectivity index (χ0) is 20.4. The third-order valence-corrected chi connectivity index (χ3v) is 4.55. The van der Waals surface area contributed by atoms with Crippen LogP contribution in [-0.4, -0.2) is 49.1 Å². The Balaban J connectivity index is 1.72. The minimum absolute atomic E-state index is 0.0295. The number of amides is 4. The van der Waals surface area contributed by atoms with Crippen molar-refractivity contribution in [1.29, 1.82) is 0 Å². The summed E-state index contributed by atoms with van der Waals surface area (Å²) in [5.41, 5.74) is 1.67. The highest BCUT2D eigenvalue weighted by Crippen LogP contribution is 2.24. The molecule has 0 atom stereocenters. The third kappa shape index (κ3) is 7.42. The summed E-state index contributed by atoms with van der Waals surface area (Å²) in [6, 6.07) is 16.3. The minimum atomic E-state index is -0.569. The van der Waals surface area contributed by atoms with Crippen LogP contribution in [0.1, 0.15) is 5.56 Å². The summed E-state index contributed by atoms with van der Waals surface area (Å²) in [6.45, 7) is 0.283. The Labute approximate surface area is 168 Å². The molecule has 2 rings (SSSR count). The van der Waals surface area contributed by atoms with Gasteiger partial charge < -0.3 is 10.6 Å². The number of nitrogens with one attached hydrogen (secondary N) is 3. The summed E-state index contributed by atoms with van der Waals surface area (Å²) in [5.74, 6) is -0.712. The van der Waals surface area contributed by atoms with Crippen LogP contribution in [0, 0.1) is 0 Å². The summed E-state index contributed by atoms with van der Waals surface area (Å²) < 4.78 is 0. The lowest BCUT2D eigenvalue weighted by atomic mass is 10.2. The van der Waals surface area contributed by atoms with Gasteiger partial charge in [0, 0.05) is 11.4 Å². The van der Waals surface area contributed by atoms with Gasteiger partial charge in [0.2, 0.25) is 11.8 Å². The van der Waals surface area contributed by atoms with Crippen LogP contribution in [0.4, 0.5) is 10.5 Å². The van der Waals surface area contributed by atoms with E-state index in [1.165, 1.54) is 16.7 Å². The van der Waals surface area contributed by atoms with E-state index in [0.717, 1.165) is 16.1 Å². The van der Waals surface area contributed by atoms with E-state index < -0.39 is 11.9 Å². The molecule has 148 valence electrons. The fraction of sp³-hybridized carbons (Fsp3) is 0.250. The molecule has 0 radical (unpaired) electrons. The monoisotopic (exact) mass is 400 g/mol. The van der Waals surface area contributed by atoms with Crippen LogP contribution in [-0.2, 0) is 16.1 Å². The molecule has 0 aliphatic carbocycles. The molecule has 2 aromatic rings. The summed E-state index contributed by atoms with van der Waals surface area (Å²) in [7, 11) is 1.64. The van der Waals surface area contributed by atoms with E-state index in [1.807, 2.05) is 60.9 Å². The van der Waals surface area contributed by atoms with Gasteiger partial charge >= 0.3 is 6.03 Å². The average molecular weight is 401 g/mol. The maximum Gasteiger partial charge on any atom is 0.321 e. The predicted molar refractivity (Wildman–Crippen MR) is 111 cm³/mol. The van der Waals surface area contributed by atoms with Gasteiger partial charge in [-0.15, -0.1) is 11.8 Å². The smallest absolute Gasteiger partial charge is 0.321 e. The molecule has 0 saturated heterocycles. The molecule has 4 amide bonds. The molecule has 0 aromatic heterocycles. The first-order valence-electron chi connectivity index (χ1n) is 8.71. The number of carbonyl (C=O) groups excluding carboxylic acids is 3. The summed E-state index contributed by atoms with van der Waals surface area (Å²) >= 11 is 1.54. The van der Waals surface area contributed by atoms with Gasteiger partial charge in [-0.1, -0.05) is 42.5 Å². The van der Waals surface area contributed by atoms with Crippen molar-refractivity contribution in [3.63, 3.8) is 0 Å². The standard InChI is InChI=1S/C20H24N4O3S/c1-24(13-18(25)22-16-10-6-7-11-17(16)28-2)14-19(26)23-20(27)21-12-15-8-4-3-5-9-15/h3-11H,12-14H2,1-2H3,(H,22,25)(H2,21,23,26,27). The highest BCUT2D eigenvalue weighted by Gasteiger charge is 2.14. The highest BCUT2D eigenvalue weighted by molar-refractivity contribution is 7.98. The second kappa shape index (κ2) is 11.1. The molecule has 2 aromatic carbocycles. The molecule has 0 saturated carbocycles. The fourth-order valence-electron chi connectivity index (χ4n) is 2.47. The lowest BCUT2D eigenvalue weighted by Crippen LogP contribution is -2.44. The number of nitrogens with zero attached hydrogens (tertiary/aromatic N) is 1. The number of urea groups is 1. The molecule has 0 fully saturated rings. The van der Waals surface area contributed by atoms with Crippen LogP contribution >= 0.6 is 11.8 Å². The molecule has 0 bridgehead atoms. The number of hydrogen-bond acceptors (Lipinski definition) is 5. The zero-order valence-corrected chi connectivity index (χ0v) is 16.7. The van der Waals surface area contributed by atoms with Gasteiger partial charge in [-0.05, 0) is 31.0 Å². The molecule has 28 heavy (non-hydrogen) atoms. The van der Waals surface area contributed by atoms with E-state index in [-0.39, 0.29) is 19.0 Å². The normalized spacial score (nSPS) is 10.4. The van der Waals surface area contributed by atoms with E-state index in [4.69, 9.17) is 0 Å². The highest BCUT2D eigenvalue weighted by atomic mass is 32.2. The van der Waals surface area contributed by atoms with E-state index in [1.54, 1.807) is 7.05 Å². The fourth-order valence-corrected chi connectivity index (χ4v) is 3.03. The summed E-state index contributed by atoms with van der Waals surface area (Å²) in [4.78, 5) is 38.4. The maximum absolute atomic E-state index is 12.2. The van der Waals surface area contributed by atoms with Gasteiger partial charge in [-0.2, -0.15) is 0 Å². The molecule has 0 aliphatic rings. The van der Waals surface area contributed by atoms with Crippen LogP contribution in [0.15, 0.2) is 59.5 Å². The zero-order valence-electron chi connectivity index (χ0n) is 15.9. The maximum atomic E-state index is 12.2. The van der Waals surface area contributed by atoms with E-state index >= 15 is 0 Å². The second-order valence-electron chi connectivity index (χ2n) is 6.14. The summed E-state index contributed by atoms with van der Waals surface area (Å²) in [5, 5.41) is 7.71. The predicted octanol–water partition coefficient (Wildman–Crippen LogP) is 2.30. The number of para-hydroxylation sites is 1. The van der Waals surface area contributed by atoms with Gasteiger partial charge in [0.05, 0.1) is 18.8 Å². The van der Waals surface area contributed by atoms with Gasteiger partial charge in [0.25, 0.3) is 0 Å². The Hall–Kier alpha value is -2.84. The molecular formula is C20H24N4O3S. The number of anilines is 1. The SMILES string of the molecule is CSc1ccccc1NC(=O)CN(C)CC(=O)NC(=O)NCc1ccccc1. The summed E-state index contributed by atoms with van der Waals surface area (Å²) in [6.07, 6.45) is 1.93. The lowest BCUT2D eigenvalue weighted by molar-refractivity contribution is -0.122. The van der Waals surface area contributed by atoms with Crippen LogP contribution in [0.25, 0.3) is 0 Å². The number of rotatable bonds is 8. The van der Waals surface area contributed by atoms with Crippen molar-refractivity contribution >= 4 is 35.3 Å². The first-order chi connectivity index (χ1) is 13.5. The molecule has 0 aliphatic heterocycles. The molecular weight excluding hydrogens is 376 g/mol. The van der Waals surface area contributed by atoms with Gasteiger partial charge in [-0.25, -0.2) is 4.79 Å². The number of carbonyl (C=O) groups is 3. The topological polar surface area (TPSA) is 90.5 Å². The van der Waals surface area contributed by atoms with Crippen LogP contribution in [0.3, 0.4) is 0 Å². The average Bonchev–Trinajstić information content (AvgIpc) is 2.67. The van der Waals surface area contributed by atoms with E-state index in [2.05, 4.69) is 16.0 Å². The van der Waals surface area contributed by atoms with Crippen molar-refractivity contribution in [2.75, 3.05) is 31.7 Å². The molecule has 0 heterocycles. The first kappa shape index (κ1) is 21.5. The van der Waals surface area contributed by atoms with Crippen molar-refractivity contribution < 1.29 is 14.4 Å². The molecule has 7 nitrogen and oxygen atoms in total. The quantitative estimate of drug-likeness (QED) is 0.592. The van der Waals surface area contributed by atoms with Crippen LogP contribution in [0.5, 0.6) is 0 Å². The first-order valence-corrected chi connectivity index (χ1v) is 9.93. The van der Waals surface area contributed by atoms with Gasteiger partial charge in [-0.3, -0.25) is 19.8 Å². The number of thioether (sulfide) groups is 1. The number of benzene rings is 2. The molecule has 0 unspecified atom stereocenters. The van der Waals surface area contributed by atoms with Crippen molar-refractivity contribution in [3.8, 4) is 0 Å². The van der Waals surface area contributed by atoms with E-state index in [9.17, 15) is 14.4 Å².